The van der Waals surface area contributed by atoms with Crippen molar-refractivity contribution < 1.29 is 28.6 Å². The number of carbonyl (C=O) groups excluding carboxylic acids is 3. The van der Waals surface area contributed by atoms with Crippen LogP contribution in [0.5, 0.6) is 0 Å². The van der Waals surface area contributed by atoms with Gasteiger partial charge in [-0.05, 0) is 62.7 Å². The number of carbonyl (C=O) groups is 3. The molecule has 11 unspecified atom stereocenters. The summed E-state index contributed by atoms with van der Waals surface area (Å²) in [7, 11) is 0. The van der Waals surface area contributed by atoms with Gasteiger partial charge in [0.2, 0.25) is 0 Å². The standard InChI is InChI=1S/C29H42O6S3/c1-4-29(12-33-26(30)17-6-5-15(2)36-11-17,13-34-27(31)18-7-19-9-20(8-18)37-19)14-35-28(32)23-16(3)21-10-22(23)25-24(21)38-25/h15-25H,4-14H2,1-3H3. The smallest absolute Gasteiger partial charge is 0.309 e. The van der Waals surface area contributed by atoms with E-state index >= 15 is 0 Å². The van der Waals surface area contributed by atoms with Crippen LogP contribution in [0.25, 0.3) is 0 Å². The van der Waals surface area contributed by atoms with E-state index in [9.17, 15) is 14.4 Å². The number of hydrogen-bond acceptors (Lipinski definition) is 9. The molecule has 4 saturated heterocycles. The first-order chi connectivity index (χ1) is 18.3. The number of thioether (sulfide) groups is 3. The van der Waals surface area contributed by atoms with Crippen molar-refractivity contribution in [2.45, 2.75) is 92.0 Å². The second-order valence-corrected chi connectivity index (χ2v) is 17.3. The lowest BCUT2D eigenvalue weighted by Crippen LogP contribution is -2.44. The molecule has 9 heteroatoms. The number of esters is 3. The third-order valence-corrected chi connectivity index (χ3v) is 15.0. The van der Waals surface area contributed by atoms with Gasteiger partial charge in [-0.3, -0.25) is 14.4 Å². The zero-order valence-electron chi connectivity index (χ0n) is 22.8. The Bertz CT molecular complexity index is 921. The molecule has 0 aromatic carbocycles. The zero-order chi connectivity index (χ0) is 26.6. The molecule has 0 N–H and O–H groups in total. The van der Waals surface area contributed by atoms with Crippen molar-refractivity contribution in [1.82, 2.24) is 0 Å². The Kier molecular flexibility index (Phi) is 8.02. The van der Waals surface area contributed by atoms with E-state index in [1.807, 2.05) is 42.2 Å². The van der Waals surface area contributed by atoms with E-state index < -0.39 is 5.41 Å². The fourth-order valence-electron chi connectivity index (χ4n) is 7.60. The zero-order valence-corrected chi connectivity index (χ0v) is 25.3. The predicted molar refractivity (Wildman–Crippen MR) is 152 cm³/mol. The van der Waals surface area contributed by atoms with Crippen LogP contribution in [0.3, 0.4) is 0 Å². The van der Waals surface area contributed by atoms with Crippen molar-refractivity contribution in [3.05, 3.63) is 0 Å². The van der Waals surface area contributed by atoms with Gasteiger partial charge in [0, 0.05) is 32.0 Å². The van der Waals surface area contributed by atoms with Crippen LogP contribution in [0, 0.1) is 40.9 Å². The van der Waals surface area contributed by atoms with Crippen molar-refractivity contribution in [3.8, 4) is 0 Å². The van der Waals surface area contributed by atoms with Crippen molar-refractivity contribution in [1.29, 1.82) is 0 Å². The van der Waals surface area contributed by atoms with Gasteiger partial charge in [-0.15, -0.1) is 0 Å². The highest BCUT2D eigenvalue weighted by Crippen LogP contribution is 2.69. The number of hydrogen-bond donors (Lipinski definition) is 0. The second-order valence-electron chi connectivity index (χ2n) is 12.9. The van der Waals surface area contributed by atoms with Gasteiger partial charge in [-0.1, -0.05) is 20.8 Å². The minimum absolute atomic E-state index is 0.0383. The molecule has 3 saturated carbocycles. The van der Waals surface area contributed by atoms with Gasteiger partial charge in [-0.2, -0.15) is 35.3 Å². The van der Waals surface area contributed by atoms with Crippen molar-refractivity contribution in [2.24, 2.45) is 40.9 Å². The molecule has 0 radical (unpaired) electrons. The summed E-state index contributed by atoms with van der Waals surface area (Å²) >= 11 is 5.85. The number of ether oxygens (including phenoxy) is 3. The van der Waals surface area contributed by atoms with Gasteiger partial charge >= 0.3 is 17.9 Å². The van der Waals surface area contributed by atoms with E-state index in [1.54, 1.807) is 0 Å². The average molecular weight is 583 g/mol. The van der Waals surface area contributed by atoms with Crippen LogP contribution in [-0.2, 0) is 28.6 Å². The Morgan fingerprint density at radius 3 is 1.95 bits per heavy atom. The Balaban J connectivity index is 1.08. The maximum atomic E-state index is 13.4. The minimum Gasteiger partial charge on any atom is -0.465 e. The third-order valence-electron chi connectivity index (χ3n) is 10.4. The molecular formula is C29H42O6S3. The van der Waals surface area contributed by atoms with Crippen LogP contribution < -0.4 is 0 Å². The fraction of sp³-hybridized carbons (Fsp3) is 0.897. The van der Waals surface area contributed by atoms with Crippen LogP contribution in [0.15, 0.2) is 0 Å². The highest BCUT2D eigenvalue weighted by molar-refractivity contribution is 8.07. The maximum absolute atomic E-state index is 13.4. The molecular weight excluding hydrogens is 541 g/mol. The normalized spacial score (nSPS) is 43.8. The predicted octanol–water partition coefficient (Wildman–Crippen LogP) is 5.21. The summed E-state index contributed by atoms with van der Waals surface area (Å²) in [6.07, 6.45) is 6.61. The highest BCUT2D eigenvalue weighted by Gasteiger charge is 2.67. The average Bonchev–Trinajstić information content (AvgIpc) is 3.54. The molecule has 6 nitrogen and oxygen atoms in total. The van der Waals surface area contributed by atoms with Gasteiger partial charge in [0.05, 0.1) is 23.2 Å². The molecule has 4 aliphatic heterocycles. The Hall–Kier alpha value is -0.540. The first-order valence-electron chi connectivity index (χ1n) is 14.7. The van der Waals surface area contributed by atoms with Gasteiger partial charge in [-0.25, -0.2) is 0 Å². The van der Waals surface area contributed by atoms with E-state index in [0.717, 1.165) is 43.1 Å². The Morgan fingerprint density at radius 1 is 0.763 bits per heavy atom. The van der Waals surface area contributed by atoms with Crippen LogP contribution in [-0.4, -0.2) is 69.7 Å². The van der Waals surface area contributed by atoms with E-state index in [-0.39, 0.29) is 55.5 Å². The molecule has 7 fully saturated rings. The van der Waals surface area contributed by atoms with Gasteiger partial charge in [0.25, 0.3) is 0 Å². The topological polar surface area (TPSA) is 78.9 Å². The molecule has 212 valence electrons. The Morgan fingerprint density at radius 2 is 1.37 bits per heavy atom. The third kappa shape index (κ3) is 5.38. The molecule has 38 heavy (non-hydrogen) atoms. The van der Waals surface area contributed by atoms with Crippen LogP contribution in [0.1, 0.15) is 65.7 Å². The number of rotatable bonds is 10. The monoisotopic (exact) mass is 582 g/mol. The molecule has 0 aromatic rings. The summed E-state index contributed by atoms with van der Waals surface area (Å²) < 4.78 is 17.8. The SMILES string of the molecule is CCC(COC(=O)C1CCC(C)SC1)(COC(=O)C1CC2CC(C1)S2)COC(=O)C1C(C)C2CC1C1SC21. The first-order valence-corrected chi connectivity index (χ1v) is 17.6. The summed E-state index contributed by atoms with van der Waals surface area (Å²) in [6, 6.07) is 0. The fourth-order valence-corrected chi connectivity index (χ4v) is 12.0. The first kappa shape index (κ1) is 27.6. The second kappa shape index (κ2) is 11.0. The quantitative estimate of drug-likeness (QED) is 0.196. The largest absolute Gasteiger partial charge is 0.465 e. The van der Waals surface area contributed by atoms with Crippen LogP contribution >= 0.6 is 35.3 Å². The molecule has 0 spiro atoms. The lowest BCUT2D eigenvalue weighted by atomic mass is 9.80. The minimum atomic E-state index is -0.722. The molecule has 7 rings (SSSR count). The van der Waals surface area contributed by atoms with E-state index in [1.165, 1.54) is 6.42 Å². The molecule has 0 amide bonds. The molecule has 11 atom stereocenters. The maximum Gasteiger partial charge on any atom is 0.309 e. The summed E-state index contributed by atoms with van der Waals surface area (Å²) in [6.45, 7) is 6.75. The molecule has 0 aromatic heterocycles. The van der Waals surface area contributed by atoms with Gasteiger partial charge in [0.1, 0.15) is 19.8 Å². The highest BCUT2D eigenvalue weighted by atomic mass is 32.2. The van der Waals surface area contributed by atoms with Crippen molar-refractivity contribution in [3.63, 3.8) is 0 Å². The summed E-state index contributed by atoms with van der Waals surface area (Å²) in [5.41, 5.74) is -0.722. The van der Waals surface area contributed by atoms with Crippen molar-refractivity contribution >= 4 is 53.2 Å². The summed E-state index contributed by atoms with van der Waals surface area (Å²) in [5, 5.41) is 3.16. The number of fused-ring (bicyclic) bond motifs is 7. The molecule has 3 aliphatic carbocycles. The lowest BCUT2D eigenvalue weighted by Gasteiger charge is -2.43. The van der Waals surface area contributed by atoms with Crippen molar-refractivity contribution in [2.75, 3.05) is 25.6 Å². The van der Waals surface area contributed by atoms with E-state index in [0.29, 0.717) is 45.2 Å². The van der Waals surface area contributed by atoms with Crippen LogP contribution in [0.4, 0.5) is 0 Å². The molecule has 7 aliphatic rings. The lowest BCUT2D eigenvalue weighted by molar-refractivity contribution is -0.169. The van der Waals surface area contributed by atoms with Crippen LogP contribution in [0.2, 0.25) is 0 Å². The van der Waals surface area contributed by atoms with E-state index in [4.69, 9.17) is 14.2 Å². The van der Waals surface area contributed by atoms with Gasteiger partial charge < -0.3 is 14.2 Å². The molecule has 4 bridgehead atoms. The van der Waals surface area contributed by atoms with E-state index in [2.05, 4.69) is 13.8 Å². The Labute approximate surface area is 239 Å². The molecule has 4 heterocycles. The summed E-state index contributed by atoms with van der Waals surface area (Å²) in [5.74, 6) is 1.60. The van der Waals surface area contributed by atoms with Gasteiger partial charge in [0.15, 0.2) is 0 Å². The summed E-state index contributed by atoms with van der Waals surface area (Å²) in [4.78, 5) is 39.3.